The smallest absolute Gasteiger partial charge is 0.317 e. The van der Waals surface area contributed by atoms with Crippen LogP contribution in [0.4, 0.5) is 4.79 Å². The molecule has 0 radical (unpaired) electrons. The molecule has 2 aromatic rings. The van der Waals surface area contributed by atoms with E-state index in [2.05, 4.69) is 40.5 Å². The van der Waals surface area contributed by atoms with Crippen LogP contribution in [0.2, 0.25) is 0 Å². The first-order chi connectivity index (χ1) is 12.8. The zero-order chi connectivity index (χ0) is 17.8. The summed E-state index contributed by atoms with van der Waals surface area (Å²) in [5.41, 5.74) is 2.49. The van der Waals surface area contributed by atoms with Crippen LogP contribution in [-0.4, -0.2) is 54.7 Å². The van der Waals surface area contributed by atoms with E-state index in [1.54, 1.807) is 0 Å². The molecular weight excluding hydrogens is 326 g/mol. The lowest BCUT2D eigenvalue weighted by Crippen LogP contribution is -2.54. The van der Waals surface area contributed by atoms with E-state index in [9.17, 15) is 4.79 Å². The number of para-hydroxylation sites is 1. The van der Waals surface area contributed by atoms with Gasteiger partial charge in [-0.15, -0.1) is 0 Å². The van der Waals surface area contributed by atoms with Crippen molar-refractivity contribution in [2.75, 3.05) is 32.8 Å². The standard InChI is InChI=1S/C21H25N3O2/c25-21(22-19-14-18-8-4-5-9-20(18)26-16-19)24-12-10-23(11-13-24)15-17-6-2-1-3-7-17/h1-9,19H,10-16H2,(H,22,25). The summed E-state index contributed by atoms with van der Waals surface area (Å²) in [5, 5.41) is 3.14. The molecule has 1 unspecified atom stereocenters. The first-order valence-corrected chi connectivity index (χ1v) is 9.30. The van der Waals surface area contributed by atoms with Gasteiger partial charge in [0.2, 0.25) is 0 Å². The van der Waals surface area contributed by atoms with Crippen LogP contribution >= 0.6 is 0 Å². The average molecular weight is 351 g/mol. The molecule has 0 aromatic heterocycles. The van der Waals surface area contributed by atoms with Gasteiger partial charge in [0.05, 0.1) is 6.04 Å². The first-order valence-electron chi connectivity index (χ1n) is 9.30. The maximum absolute atomic E-state index is 12.6. The van der Waals surface area contributed by atoms with Gasteiger partial charge in [-0.1, -0.05) is 48.5 Å². The van der Waals surface area contributed by atoms with Gasteiger partial charge in [-0.25, -0.2) is 4.79 Å². The molecule has 2 aliphatic rings. The molecule has 1 N–H and O–H groups in total. The molecule has 2 amide bonds. The molecule has 2 aliphatic heterocycles. The number of benzene rings is 2. The maximum Gasteiger partial charge on any atom is 0.317 e. The largest absolute Gasteiger partial charge is 0.491 e. The van der Waals surface area contributed by atoms with Gasteiger partial charge < -0.3 is 15.0 Å². The van der Waals surface area contributed by atoms with Crippen LogP contribution in [0, 0.1) is 0 Å². The van der Waals surface area contributed by atoms with E-state index in [1.807, 2.05) is 29.2 Å². The second-order valence-corrected chi connectivity index (χ2v) is 7.02. The van der Waals surface area contributed by atoms with E-state index in [-0.39, 0.29) is 12.1 Å². The van der Waals surface area contributed by atoms with Gasteiger partial charge in [-0.05, 0) is 23.6 Å². The Bertz CT molecular complexity index is 742. The molecule has 5 heteroatoms. The van der Waals surface area contributed by atoms with Crippen LogP contribution in [0.15, 0.2) is 54.6 Å². The fourth-order valence-electron chi connectivity index (χ4n) is 3.64. The molecule has 1 saturated heterocycles. The molecule has 4 rings (SSSR count). The minimum Gasteiger partial charge on any atom is -0.491 e. The second-order valence-electron chi connectivity index (χ2n) is 7.02. The van der Waals surface area contributed by atoms with Gasteiger partial charge in [0.15, 0.2) is 0 Å². The van der Waals surface area contributed by atoms with Gasteiger partial charge in [0.25, 0.3) is 0 Å². The van der Waals surface area contributed by atoms with Gasteiger partial charge in [-0.3, -0.25) is 4.90 Å². The Morgan fingerprint density at radius 1 is 1.00 bits per heavy atom. The Morgan fingerprint density at radius 2 is 1.73 bits per heavy atom. The zero-order valence-electron chi connectivity index (χ0n) is 14.9. The molecule has 1 fully saturated rings. The van der Waals surface area contributed by atoms with E-state index in [1.165, 1.54) is 5.56 Å². The van der Waals surface area contributed by atoms with Crippen molar-refractivity contribution in [2.45, 2.75) is 19.0 Å². The number of amides is 2. The van der Waals surface area contributed by atoms with Crippen molar-refractivity contribution in [1.29, 1.82) is 0 Å². The van der Waals surface area contributed by atoms with Crippen molar-refractivity contribution in [3.05, 3.63) is 65.7 Å². The topological polar surface area (TPSA) is 44.8 Å². The number of nitrogens with zero attached hydrogens (tertiary/aromatic N) is 2. The van der Waals surface area contributed by atoms with Crippen molar-refractivity contribution in [2.24, 2.45) is 0 Å². The normalized spacial score (nSPS) is 20.2. The van der Waals surface area contributed by atoms with E-state index < -0.39 is 0 Å². The summed E-state index contributed by atoms with van der Waals surface area (Å²) in [6, 6.07) is 18.6. The van der Waals surface area contributed by atoms with Crippen molar-refractivity contribution >= 4 is 6.03 Å². The number of fused-ring (bicyclic) bond motifs is 1. The third kappa shape index (κ3) is 3.99. The zero-order valence-corrected chi connectivity index (χ0v) is 14.9. The van der Waals surface area contributed by atoms with Crippen LogP contribution in [-0.2, 0) is 13.0 Å². The van der Waals surface area contributed by atoms with E-state index >= 15 is 0 Å². The average Bonchev–Trinajstić information content (AvgIpc) is 2.69. The third-order valence-electron chi connectivity index (χ3n) is 5.12. The number of ether oxygens (including phenoxy) is 1. The Balaban J connectivity index is 1.25. The third-order valence-corrected chi connectivity index (χ3v) is 5.12. The molecule has 0 bridgehead atoms. The van der Waals surface area contributed by atoms with Crippen LogP contribution in [0.25, 0.3) is 0 Å². The van der Waals surface area contributed by atoms with Gasteiger partial charge in [0, 0.05) is 32.7 Å². The van der Waals surface area contributed by atoms with Crippen LogP contribution < -0.4 is 10.1 Å². The molecule has 1 atom stereocenters. The van der Waals surface area contributed by atoms with Crippen LogP contribution in [0.5, 0.6) is 5.75 Å². The Kier molecular flexibility index (Phi) is 5.07. The monoisotopic (exact) mass is 351 g/mol. The number of carbonyl (C=O) groups excluding carboxylic acids is 1. The summed E-state index contributed by atoms with van der Waals surface area (Å²) in [6.07, 6.45) is 0.829. The fourth-order valence-corrected chi connectivity index (χ4v) is 3.64. The summed E-state index contributed by atoms with van der Waals surface area (Å²) in [4.78, 5) is 16.9. The Hall–Kier alpha value is -2.53. The van der Waals surface area contributed by atoms with E-state index in [4.69, 9.17) is 4.74 Å². The van der Waals surface area contributed by atoms with Crippen molar-refractivity contribution in [3.8, 4) is 5.75 Å². The number of hydrogen-bond donors (Lipinski definition) is 1. The second kappa shape index (κ2) is 7.79. The molecular formula is C21H25N3O2. The van der Waals surface area contributed by atoms with Crippen LogP contribution in [0.1, 0.15) is 11.1 Å². The highest BCUT2D eigenvalue weighted by atomic mass is 16.5. The van der Waals surface area contributed by atoms with Crippen molar-refractivity contribution < 1.29 is 9.53 Å². The summed E-state index contributed by atoms with van der Waals surface area (Å²) in [7, 11) is 0. The minimum absolute atomic E-state index is 0.0253. The molecule has 5 nitrogen and oxygen atoms in total. The molecule has 2 heterocycles. The van der Waals surface area contributed by atoms with Crippen LogP contribution in [0.3, 0.4) is 0 Å². The Morgan fingerprint density at radius 3 is 2.54 bits per heavy atom. The van der Waals surface area contributed by atoms with Gasteiger partial charge in [-0.2, -0.15) is 0 Å². The number of hydrogen-bond acceptors (Lipinski definition) is 3. The predicted octanol–water partition coefficient (Wildman–Crippen LogP) is 2.52. The lowest BCUT2D eigenvalue weighted by Gasteiger charge is -2.36. The molecule has 0 spiro atoms. The summed E-state index contributed by atoms with van der Waals surface area (Å²) in [5.74, 6) is 0.938. The van der Waals surface area contributed by atoms with Crippen molar-refractivity contribution in [1.82, 2.24) is 15.1 Å². The lowest BCUT2D eigenvalue weighted by atomic mass is 10.0. The molecule has 0 aliphatic carbocycles. The molecule has 26 heavy (non-hydrogen) atoms. The highest BCUT2D eigenvalue weighted by Crippen LogP contribution is 2.24. The van der Waals surface area contributed by atoms with E-state index in [0.29, 0.717) is 6.61 Å². The SMILES string of the molecule is O=C(NC1COc2ccccc2C1)N1CCN(Cc2ccccc2)CC1. The summed E-state index contributed by atoms with van der Waals surface area (Å²) < 4.78 is 5.77. The number of piperazine rings is 1. The predicted molar refractivity (Wildman–Crippen MR) is 101 cm³/mol. The van der Waals surface area contributed by atoms with E-state index in [0.717, 1.165) is 50.5 Å². The lowest BCUT2D eigenvalue weighted by molar-refractivity contribution is 0.129. The highest BCUT2D eigenvalue weighted by Gasteiger charge is 2.25. The molecule has 136 valence electrons. The number of carbonyl (C=O) groups is 1. The first kappa shape index (κ1) is 16.9. The van der Waals surface area contributed by atoms with Gasteiger partial charge in [0.1, 0.15) is 12.4 Å². The number of urea groups is 1. The quantitative estimate of drug-likeness (QED) is 0.924. The summed E-state index contributed by atoms with van der Waals surface area (Å²) >= 11 is 0. The van der Waals surface area contributed by atoms with Crippen molar-refractivity contribution in [3.63, 3.8) is 0 Å². The van der Waals surface area contributed by atoms with Gasteiger partial charge >= 0.3 is 6.03 Å². The minimum atomic E-state index is 0.0253. The summed E-state index contributed by atoms with van der Waals surface area (Å²) in [6.45, 7) is 4.84. The molecule has 0 saturated carbocycles. The Labute approximate surface area is 154 Å². The number of nitrogens with one attached hydrogen (secondary N) is 1. The molecule has 2 aromatic carbocycles. The highest BCUT2D eigenvalue weighted by molar-refractivity contribution is 5.74. The number of rotatable bonds is 3. The fraction of sp³-hybridized carbons (Fsp3) is 0.381. The maximum atomic E-state index is 12.6.